The van der Waals surface area contributed by atoms with Gasteiger partial charge in [-0.3, -0.25) is 4.79 Å². The normalized spacial score (nSPS) is 9.57. The Morgan fingerprint density at radius 3 is 2.70 bits per heavy atom. The zero-order valence-electron chi connectivity index (χ0n) is 12.9. The summed E-state index contributed by atoms with van der Waals surface area (Å²) in [5, 5.41) is 11.7. The van der Waals surface area contributed by atoms with Crippen LogP contribution in [0.15, 0.2) is 24.8 Å². The Balaban J connectivity index is 3.00. The molecule has 0 saturated carbocycles. The van der Waals surface area contributed by atoms with Crippen molar-refractivity contribution in [1.29, 1.82) is 0 Å². The number of amides is 1. The van der Waals surface area contributed by atoms with Crippen LogP contribution < -0.4 is 14.8 Å². The molecule has 6 nitrogen and oxygen atoms in total. The molecule has 2 N–H and O–H groups in total. The van der Waals surface area contributed by atoms with E-state index in [0.717, 1.165) is 18.9 Å². The van der Waals surface area contributed by atoms with Crippen LogP contribution >= 0.6 is 0 Å². The van der Waals surface area contributed by atoms with Crippen molar-refractivity contribution in [3.63, 3.8) is 0 Å². The van der Waals surface area contributed by atoms with E-state index in [1.807, 2.05) is 0 Å². The molecular formula is C17H19NO5. The summed E-state index contributed by atoms with van der Waals surface area (Å²) in [5.74, 6) is 1.45. The number of anilines is 1. The fourth-order valence-electron chi connectivity index (χ4n) is 1.81. The van der Waals surface area contributed by atoms with Gasteiger partial charge in [-0.1, -0.05) is 6.58 Å². The van der Waals surface area contributed by atoms with Gasteiger partial charge in [0.05, 0.1) is 25.0 Å². The van der Waals surface area contributed by atoms with Crippen LogP contribution in [0.3, 0.4) is 0 Å². The molecule has 0 radical (unpaired) electrons. The van der Waals surface area contributed by atoms with Crippen molar-refractivity contribution in [3.8, 4) is 23.8 Å². The largest absolute Gasteiger partial charge is 0.493 e. The molecule has 0 bridgehead atoms. The molecule has 0 aliphatic heterocycles. The predicted octanol–water partition coefficient (Wildman–Crippen LogP) is 2.70. The SMILES string of the molecule is C#CCCCCOc1cc(C(=O)O)c(NC(=O)C=C)cc1OC. The quantitative estimate of drug-likeness (QED) is 0.415. The van der Waals surface area contributed by atoms with Crippen molar-refractivity contribution in [2.24, 2.45) is 0 Å². The van der Waals surface area contributed by atoms with E-state index in [1.165, 1.54) is 19.2 Å². The Bertz CT molecular complexity index is 631. The van der Waals surface area contributed by atoms with Crippen molar-refractivity contribution in [2.75, 3.05) is 19.0 Å². The molecule has 0 heterocycles. The lowest BCUT2D eigenvalue weighted by atomic mass is 10.1. The maximum Gasteiger partial charge on any atom is 0.337 e. The van der Waals surface area contributed by atoms with Crippen molar-refractivity contribution in [1.82, 2.24) is 0 Å². The number of carbonyl (C=O) groups is 2. The molecule has 0 spiro atoms. The number of carboxylic acid groups (broad SMARTS) is 1. The maximum atomic E-state index is 11.4. The first kappa shape index (κ1) is 18.1. The minimum Gasteiger partial charge on any atom is -0.493 e. The number of terminal acetylenes is 1. The molecule has 0 saturated heterocycles. The number of rotatable bonds is 9. The van der Waals surface area contributed by atoms with Gasteiger partial charge in [0.15, 0.2) is 11.5 Å². The lowest BCUT2D eigenvalue weighted by Gasteiger charge is -2.14. The number of carbonyl (C=O) groups excluding carboxylic acids is 1. The summed E-state index contributed by atoms with van der Waals surface area (Å²) in [6.45, 7) is 3.71. The Kier molecular flexibility index (Phi) is 7.21. The summed E-state index contributed by atoms with van der Waals surface area (Å²) in [6.07, 6.45) is 8.44. The van der Waals surface area contributed by atoms with Crippen LogP contribution in [0, 0.1) is 12.3 Å². The second-order valence-corrected chi connectivity index (χ2v) is 4.56. The van der Waals surface area contributed by atoms with Crippen molar-refractivity contribution < 1.29 is 24.2 Å². The number of hydrogen-bond acceptors (Lipinski definition) is 4. The fourth-order valence-corrected chi connectivity index (χ4v) is 1.81. The minimum atomic E-state index is -1.19. The van der Waals surface area contributed by atoms with Gasteiger partial charge in [0.1, 0.15) is 0 Å². The molecule has 0 unspecified atom stereocenters. The fraction of sp³-hybridized carbons (Fsp3) is 0.294. The predicted molar refractivity (Wildman–Crippen MR) is 87.0 cm³/mol. The van der Waals surface area contributed by atoms with Crippen LogP contribution in [-0.4, -0.2) is 30.7 Å². The standard InChI is InChI=1S/C17H19NO5/c1-4-6-7-8-9-23-15-10-12(17(20)21)13(11-14(15)22-3)18-16(19)5-2/h1,5,10-11H,2,6-9H2,3H3,(H,18,19)(H,20,21). The summed E-state index contributed by atoms with van der Waals surface area (Å²) in [5.41, 5.74) is 0.0126. The third-order valence-corrected chi connectivity index (χ3v) is 2.95. The van der Waals surface area contributed by atoms with Crippen LogP contribution in [-0.2, 0) is 4.79 Å². The van der Waals surface area contributed by atoms with E-state index < -0.39 is 11.9 Å². The van der Waals surface area contributed by atoms with Gasteiger partial charge >= 0.3 is 5.97 Å². The summed E-state index contributed by atoms with van der Waals surface area (Å²) >= 11 is 0. The first-order chi connectivity index (χ1) is 11.0. The Morgan fingerprint density at radius 2 is 2.13 bits per heavy atom. The second kappa shape index (κ2) is 9.15. The van der Waals surface area contributed by atoms with Gasteiger partial charge in [-0.2, -0.15) is 0 Å². The van der Waals surface area contributed by atoms with Crippen LogP contribution in [0.5, 0.6) is 11.5 Å². The number of hydrogen-bond donors (Lipinski definition) is 2. The van der Waals surface area contributed by atoms with E-state index in [1.54, 1.807) is 0 Å². The molecule has 1 aromatic rings. The van der Waals surface area contributed by atoms with Gasteiger partial charge in [-0.25, -0.2) is 4.79 Å². The van der Waals surface area contributed by atoms with Gasteiger partial charge < -0.3 is 19.9 Å². The molecule has 0 aliphatic rings. The van der Waals surface area contributed by atoms with E-state index in [-0.39, 0.29) is 11.3 Å². The zero-order chi connectivity index (χ0) is 17.2. The number of benzene rings is 1. The molecule has 6 heteroatoms. The smallest absolute Gasteiger partial charge is 0.337 e. The summed E-state index contributed by atoms with van der Waals surface area (Å²) in [6, 6.07) is 2.72. The monoisotopic (exact) mass is 317 g/mol. The second-order valence-electron chi connectivity index (χ2n) is 4.56. The van der Waals surface area contributed by atoms with Crippen LogP contribution in [0.25, 0.3) is 0 Å². The highest BCUT2D eigenvalue weighted by Gasteiger charge is 2.17. The van der Waals surface area contributed by atoms with Gasteiger partial charge in [0, 0.05) is 18.6 Å². The van der Waals surface area contributed by atoms with Gasteiger partial charge in [-0.15, -0.1) is 12.3 Å². The van der Waals surface area contributed by atoms with E-state index in [2.05, 4.69) is 17.8 Å². The minimum absolute atomic E-state index is 0.0976. The molecule has 0 fully saturated rings. The van der Waals surface area contributed by atoms with E-state index in [0.29, 0.717) is 24.5 Å². The van der Waals surface area contributed by atoms with Crippen LogP contribution in [0.2, 0.25) is 0 Å². The van der Waals surface area contributed by atoms with Gasteiger partial charge in [0.25, 0.3) is 0 Å². The zero-order valence-corrected chi connectivity index (χ0v) is 12.9. The first-order valence-electron chi connectivity index (χ1n) is 6.98. The Hall–Kier alpha value is -2.94. The third-order valence-electron chi connectivity index (χ3n) is 2.95. The van der Waals surface area contributed by atoms with E-state index >= 15 is 0 Å². The first-order valence-corrected chi connectivity index (χ1v) is 6.98. The average Bonchev–Trinajstić information content (AvgIpc) is 2.54. The van der Waals surface area contributed by atoms with Gasteiger partial charge in [-0.05, 0) is 18.9 Å². The topological polar surface area (TPSA) is 84.9 Å². The van der Waals surface area contributed by atoms with Crippen molar-refractivity contribution in [2.45, 2.75) is 19.3 Å². The van der Waals surface area contributed by atoms with E-state index in [4.69, 9.17) is 15.9 Å². The Labute approximate surface area is 135 Å². The number of nitrogens with one attached hydrogen (secondary N) is 1. The average molecular weight is 317 g/mol. The third kappa shape index (κ3) is 5.40. The molecule has 0 aliphatic carbocycles. The lowest BCUT2D eigenvalue weighted by molar-refractivity contribution is -0.111. The number of carboxylic acids is 1. The van der Waals surface area contributed by atoms with Crippen LogP contribution in [0.1, 0.15) is 29.6 Å². The summed E-state index contributed by atoms with van der Waals surface area (Å²) in [7, 11) is 1.43. The Morgan fingerprint density at radius 1 is 1.39 bits per heavy atom. The number of aromatic carboxylic acids is 1. The highest BCUT2D eigenvalue weighted by Crippen LogP contribution is 2.34. The molecular weight excluding hydrogens is 298 g/mol. The lowest BCUT2D eigenvalue weighted by Crippen LogP contribution is -2.12. The highest BCUT2D eigenvalue weighted by atomic mass is 16.5. The molecule has 0 atom stereocenters. The molecule has 23 heavy (non-hydrogen) atoms. The number of ether oxygens (including phenoxy) is 2. The molecule has 1 rings (SSSR count). The number of methoxy groups -OCH3 is 1. The van der Waals surface area contributed by atoms with Crippen molar-refractivity contribution >= 4 is 17.6 Å². The maximum absolute atomic E-state index is 11.4. The molecule has 1 aromatic carbocycles. The highest BCUT2D eigenvalue weighted by molar-refractivity contribution is 6.04. The molecule has 1 amide bonds. The van der Waals surface area contributed by atoms with Gasteiger partial charge in [0.2, 0.25) is 5.91 Å². The summed E-state index contributed by atoms with van der Waals surface area (Å²) < 4.78 is 10.7. The van der Waals surface area contributed by atoms with Crippen molar-refractivity contribution in [3.05, 3.63) is 30.4 Å². The summed E-state index contributed by atoms with van der Waals surface area (Å²) in [4.78, 5) is 22.8. The molecule has 0 aromatic heterocycles. The van der Waals surface area contributed by atoms with Crippen LogP contribution in [0.4, 0.5) is 5.69 Å². The van der Waals surface area contributed by atoms with E-state index in [9.17, 15) is 14.7 Å². The number of unbranched alkanes of at least 4 members (excludes halogenated alkanes) is 2. The molecule has 122 valence electrons.